The van der Waals surface area contributed by atoms with Gasteiger partial charge in [0, 0.05) is 38.4 Å². The Hall–Kier alpha value is -1.78. The molecule has 1 saturated heterocycles. The van der Waals surface area contributed by atoms with Crippen LogP contribution < -0.4 is 10.2 Å². The zero-order valence-electron chi connectivity index (χ0n) is 12.8. The molecule has 0 bridgehead atoms. The number of anilines is 1. The average molecular weight is 293 g/mol. The van der Waals surface area contributed by atoms with Gasteiger partial charge in [0.1, 0.15) is 5.82 Å². The summed E-state index contributed by atoms with van der Waals surface area (Å²) in [5.74, 6) is 0.372. The zero-order chi connectivity index (χ0) is 15.2. The number of piperazine rings is 1. The standard InChI is InChI=1S/C16H24FN3O/c1-13(2)6-7-18-16(21)20-10-8-19(9-11-20)15-5-3-4-14(17)12-15/h3-5,12-13H,6-11H2,1-2H3,(H,18,21). The van der Waals surface area contributed by atoms with Crippen LogP contribution in [0.5, 0.6) is 0 Å². The van der Waals surface area contributed by atoms with Crippen molar-refractivity contribution >= 4 is 11.7 Å². The Kier molecular flexibility index (Phi) is 5.42. The summed E-state index contributed by atoms with van der Waals surface area (Å²) in [6.45, 7) is 7.82. The van der Waals surface area contributed by atoms with Crippen LogP contribution in [0, 0.1) is 11.7 Å². The smallest absolute Gasteiger partial charge is 0.317 e. The third-order valence-corrected chi connectivity index (χ3v) is 3.74. The summed E-state index contributed by atoms with van der Waals surface area (Å²) in [7, 11) is 0. The predicted molar refractivity (Wildman–Crippen MR) is 83.0 cm³/mol. The van der Waals surface area contributed by atoms with Gasteiger partial charge in [-0.25, -0.2) is 9.18 Å². The lowest BCUT2D eigenvalue weighted by molar-refractivity contribution is 0.194. The molecule has 1 aliphatic rings. The van der Waals surface area contributed by atoms with Crippen LogP contribution in [0.1, 0.15) is 20.3 Å². The second-order valence-electron chi connectivity index (χ2n) is 5.87. The molecule has 0 radical (unpaired) electrons. The normalized spacial score (nSPS) is 15.4. The Labute approximate surface area is 125 Å². The van der Waals surface area contributed by atoms with Gasteiger partial charge in [0.15, 0.2) is 0 Å². The van der Waals surface area contributed by atoms with Gasteiger partial charge in [0.05, 0.1) is 0 Å². The third-order valence-electron chi connectivity index (χ3n) is 3.74. The first kappa shape index (κ1) is 15.6. The summed E-state index contributed by atoms with van der Waals surface area (Å²) in [6, 6.07) is 6.62. The number of nitrogens with one attached hydrogen (secondary N) is 1. The maximum absolute atomic E-state index is 13.2. The number of amides is 2. The van der Waals surface area contributed by atoms with Gasteiger partial charge < -0.3 is 15.1 Å². The van der Waals surface area contributed by atoms with Crippen molar-refractivity contribution in [2.24, 2.45) is 5.92 Å². The molecule has 4 nitrogen and oxygen atoms in total. The topological polar surface area (TPSA) is 35.6 Å². The van der Waals surface area contributed by atoms with E-state index in [9.17, 15) is 9.18 Å². The first-order chi connectivity index (χ1) is 10.1. The molecule has 0 spiro atoms. The third kappa shape index (κ3) is 4.62. The van der Waals surface area contributed by atoms with Crippen LogP contribution in [0.4, 0.5) is 14.9 Å². The molecule has 1 N–H and O–H groups in total. The molecule has 21 heavy (non-hydrogen) atoms. The van der Waals surface area contributed by atoms with Crippen LogP contribution in [-0.2, 0) is 0 Å². The number of halogens is 1. The highest BCUT2D eigenvalue weighted by Crippen LogP contribution is 2.17. The van der Waals surface area contributed by atoms with Gasteiger partial charge in [-0.15, -0.1) is 0 Å². The van der Waals surface area contributed by atoms with E-state index in [-0.39, 0.29) is 11.8 Å². The van der Waals surface area contributed by atoms with Crippen molar-refractivity contribution in [1.82, 2.24) is 10.2 Å². The van der Waals surface area contributed by atoms with E-state index in [0.29, 0.717) is 19.0 Å². The summed E-state index contributed by atoms with van der Waals surface area (Å²) in [5.41, 5.74) is 0.884. The van der Waals surface area contributed by atoms with Crippen LogP contribution in [0.25, 0.3) is 0 Å². The highest BCUT2D eigenvalue weighted by Gasteiger charge is 2.21. The van der Waals surface area contributed by atoms with Gasteiger partial charge in [-0.1, -0.05) is 19.9 Å². The van der Waals surface area contributed by atoms with Gasteiger partial charge in [0.2, 0.25) is 0 Å². The molecular formula is C16H24FN3O. The SMILES string of the molecule is CC(C)CCNC(=O)N1CCN(c2cccc(F)c2)CC1. The Bertz CT molecular complexity index is 470. The van der Waals surface area contributed by atoms with Crippen LogP contribution in [0.2, 0.25) is 0 Å². The fourth-order valence-electron chi connectivity index (χ4n) is 2.42. The maximum atomic E-state index is 13.2. The van der Waals surface area contributed by atoms with Crippen molar-refractivity contribution < 1.29 is 9.18 Å². The number of hydrogen-bond acceptors (Lipinski definition) is 2. The van der Waals surface area contributed by atoms with Crippen molar-refractivity contribution in [3.8, 4) is 0 Å². The quantitative estimate of drug-likeness (QED) is 0.926. The Morgan fingerprint density at radius 1 is 1.29 bits per heavy atom. The van der Waals surface area contributed by atoms with Crippen molar-refractivity contribution in [2.75, 3.05) is 37.6 Å². The number of benzene rings is 1. The van der Waals surface area contributed by atoms with Gasteiger partial charge in [0.25, 0.3) is 0 Å². The van der Waals surface area contributed by atoms with Crippen LogP contribution >= 0.6 is 0 Å². The molecule has 1 aliphatic heterocycles. The van der Waals surface area contributed by atoms with Crippen molar-refractivity contribution in [1.29, 1.82) is 0 Å². The largest absolute Gasteiger partial charge is 0.368 e. The second kappa shape index (κ2) is 7.29. The lowest BCUT2D eigenvalue weighted by Crippen LogP contribution is -2.52. The second-order valence-corrected chi connectivity index (χ2v) is 5.87. The Morgan fingerprint density at radius 3 is 2.62 bits per heavy atom. The summed E-state index contributed by atoms with van der Waals surface area (Å²) < 4.78 is 13.2. The molecule has 2 rings (SSSR count). The minimum absolute atomic E-state index is 0.00884. The predicted octanol–water partition coefficient (Wildman–Crippen LogP) is 2.70. The molecular weight excluding hydrogens is 269 g/mol. The molecule has 0 unspecified atom stereocenters. The van der Waals surface area contributed by atoms with E-state index in [1.807, 2.05) is 11.0 Å². The van der Waals surface area contributed by atoms with E-state index in [1.165, 1.54) is 6.07 Å². The summed E-state index contributed by atoms with van der Waals surface area (Å²) >= 11 is 0. The molecule has 0 saturated carbocycles. The zero-order valence-corrected chi connectivity index (χ0v) is 12.8. The highest BCUT2D eigenvalue weighted by atomic mass is 19.1. The summed E-state index contributed by atoms with van der Waals surface area (Å²) in [6.07, 6.45) is 0.995. The molecule has 0 aliphatic carbocycles. The number of carbonyl (C=O) groups excluding carboxylic acids is 1. The van der Waals surface area contributed by atoms with Crippen molar-refractivity contribution in [3.63, 3.8) is 0 Å². The van der Waals surface area contributed by atoms with Gasteiger partial charge in [-0.05, 0) is 30.5 Å². The lowest BCUT2D eigenvalue weighted by Gasteiger charge is -2.36. The molecule has 1 heterocycles. The van der Waals surface area contributed by atoms with E-state index in [2.05, 4.69) is 24.1 Å². The number of hydrogen-bond donors (Lipinski definition) is 1. The van der Waals surface area contributed by atoms with E-state index < -0.39 is 0 Å². The van der Waals surface area contributed by atoms with E-state index in [4.69, 9.17) is 0 Å². The van der Waals surface area contributed by atoms with Gasteiger partial charge in [-0.3, -0.25) is 0 Å². The van der Waals surface area contributed by atoms with E-state index in [0.717, 1.165) is 31.7 Å². The first-order valence-electron chi connectivity index (χ1n) is 7.59. The maximum Gasteiger partial charge on any atom is 0.317 e. The minimum atomic E-state index is -0.221. The fraction of sp³-hybridized carbons (Fsp3) is 0.562. The van der Waals surface area contributed by atoms with Crippen molar-refractivity contribution in [2.45, 2.75) is 20.3 Å². The van der Waals surface area contributed by atoms with E-state index >= 15 is 0 Å². The Morgan fingerprint density at radius 2 is 2.00 bits per heavy atom. The molecule has 2 amide bonds. The Balaban J connectivity index is 1.79. The number of nitrogens with zero attached hydrogens (tertiary/aromatic N) is 2. The summed E-state index contributed by atoms with van der Waals surface area (Å²) in [5, 5.41) is 2.96. The average Bonchev–Trinajstić information content (AvgIpc) is 2.47. The van der Waals surface area contributed by atoms with Crippen LogP contribution in [0.15, 0.2) is 24.3 Å². The van der Waals surface area contributed by atoms with Crippen LogP contribution in [-0.4, -0.2) is 43.7 Å². The van der Waals surface area contributed by atoms with E-state index in [1.54, 1.807) is 12.1 Å². The molecule has 116 valence electrons. The highest BCUT2D eigenvalue weighted by molar-refractivity contribution is 5.74. The van der Waals surface area contributed by atoms with Crippen LogP contribution in [0.3, 0.4) is 0 Å². The molecule has 1 aromatic carbocycles. The molecule has 0 atom stereocenters. The molecule has 1 aromatic rings. The summed E-state index contributed by atoms with van der Waals surface area (Å²) in [4.78, 5) is 16.0. The first-order valence-corrected chi connectivity index (χ1v) is 7.59. The van der Waals surface area contributed by atoms with Gasteiger partial charge in [-0.2, -0.15) is 0 Å². The molecule has 5 heteroatoms. The fourth-order valence-corrected chi connectivity index (χ4v) is 2.42. The monoisotopic (exact) mass is 293 g/mol. The minimum Gasteiger partial charge on any atom is -0.368 e. The molecule has 1 fully saturated rings. The lowest BCUT2D eigenvalue weighted by atomic mass is 10.1. The van der Waals surface area contributed by atoms with Crippen molar-refractivity contribution in [3.05, 3.63) is 30.1 Å². The van der Waals surface area contributed by atoms with Gasteiger partial charge >= 0.3 is 6.03 Å². The number of urea groups is 1. The number of rotatable bonds is 4. The number of carbonyl (C=O) groups is 1. The molecule has 0 aromatic heterocycles.